The fraction of sp³-hybridized carbons (Fsp3) is 0.353. The summed E-state index contributed by atoms with van der Waals surface area (Å²) >= 11 is 6.01. The second-order valence-electron chi connectivity index (χ2n) is 5.78. The standard InChI is InChI=1S/C17H19ClN4O/c1-12-5-6-14(18)10-15(12)21-16(23)13-4-2-9-22(11-13)17-19-7-3-8-20-17/h3,5-8,10,13H,2,4,9,11H2,1H3,(H,21,23)/t13-/m0/s1. The Kier molecular flexibility index (Phi) is 4.76. The Bertz CT molecular complexity index is 692. The molecule has 1 amide bonds. The number of nitrogens with zero attached hydrogens (tertiary/aromatic N) is 3. The lowest BCUT2D eigenvalue weighted by molar-refractivity contribution is -0.120. The first-order valence-corrected chi connectivity index (χ1v) is 8.10. The monoisotopic (exact) mass is 330 g/mol. The zero-order valence-corrected chi connectivity index (χ0v) is 13.8. The number of aryl methyl sites for hydroxylation is 1. The number of hydrogen-bond donors (Lipinski definition) is 1. The number of anilines is 2. The van der Waals surface area contributed by atoms with Crippen molar-refractivity contribution in [2.75, 3.05) is 23.3 Å². The predicted octanol–water partition coefficient (Wildman–Crippen LogP) is 3.29. The molecule has 2 heterocycles. The highest BCUT2D eigenvalue weighted by atomic mass is 35.5. The molecule has 1 fully saturated rings. The number of hydrogen-bond acceptors (Lipinski definition) is 4. The van der Waals surface area contributed by atoms with E-state index in [2.05, 4.69) is 20.2 Å². The van der Waals surface area contributed by atoms with Crippen molar-refractivity contribution in [1.29, 1.82) is 0 Å². The number of halogens is 1. The first-order chi connectivity index (χ1) is 11.1. The van der Waals surface area contributed by atoms with Crippen LogP contribution in [0.5, 0.6) is 0 Å². The highest BCUT2D eigenvalue weighted by Crippen LogP contribution is 2.24. The number of carbonyl (C=O) groups is 1. The van der Waals surface area contributed by atoms with Gasteiger partial charge in [-0.3, -0.25) is 4.79 Å². The molecule has 0 bridgehead atoms. The van der Waals surface area contributed by atoms with Crippen molar-refractivity contribution in [3.63, 3.8) is 0 Å². The summed E-state index contributed by atoms with van der Waals surface area (Å²) in [7, 11) is 0. The van der Waals surface area contributed by atoms with E-state index in [1.54, 1.807) is 24.5 Å². The Hall–Kier alpha value is -2.14. The highest BCUT2D eigenvalue weighted by molar-refractivity contribution is 6.31. The lowest BCUT2D eigenvalue weighted by Crippen LogP contribution is -2.41. The molecular weight excluding hydrogens is 312 g/mol. The van der Waals surface area contributed by atoms with E-state index in [9.17, 15) is 4.79 Å². The summed E-state index contributed by atoms with van der Waals surface area (Å²) in [5.74, 6) is 0.630. The second kappa shape index (κ2) is 6.96. The van der Waals surface area contributed by atoms with E-state index in [4.69, 9.17) is 11.6 Å². The van der Waals surface area contributed by atoms with E-state index in [-0.39, 0.29) is 11.8 Å². The maximum Gasteiger partial charge on any atom is 0.229 e. The fourth-order valence-corrected chi connectivity index (χ4v) is 2.96. The number of carbonyl (C=O) groups excluding carboxylic acids is 1. The number of benzene rings is 1. The Labute approximate surface area is 140 Å². The van der Waals surface area contributed by atoms with Crippen LogP contribution in [0.15, 0.2) is 36.7 Å². The molecule has 1 N–H and O–H groups in total. The van der Waals surface area contributed by atoms with Crippen LogP contribution in [0.2, 0.25) is 5.02 Å². The van der Waals surface area contributed by atoms with Crippen LogP contribution in [-0.2, 0) is 4.79 Å². The highest BCUT2D eigenvalue weighted by Gasteiger charge is 2.27. The quantitative estimate of drug-likeness (QED) is 0.938. The van der Waals surface area contributed by atoms with Gasteiger partial charge in [-0.1, -0.05) is 17.7 Å². The number of aromatic nitrogens is 2. The number of amides is 1. The first-order valence-electron chi connectivity index (χ1n) is 7.72. The van der Waals surface area contributed by atoms with Gasteiger partial charge in [-0.15, -0.1) is 0 Å². The minimum absolute atomic E-state index is 0.0241. The average Bonchev–Trinajstić information content (AvgIpc) is 2.59. The summed E-state index contributed by atoms with van der Waals surface area (Å²) in [5.41, 5.74) is 1.78. The van der Waals surface area contributed by atoms with Crippen molar-refractivity contribution < 1.29 is 4.79 Å². The van der Waals surface area contributed by atoms with Crippen LogP contribution in [0.25, 0.3) is 0 Å². The van der Waals surface area contributed by atoms with Gasteiger partial charge in [0.1, 0.15) is 0 Å². The van der Waals surface area contributed by atoms with E-state index < -0.39 is 0 Å². The summed E-state index contributed by atoms with van der Waals surface area (Å²) in [6, 6.07) is 7.31. The zero-order valence-electron chi connectivity index (χ0n) is 13.0. The molecule has 5 nitrogen and oxygen atoms in total. The second-order valence-corrected chi connectivity index (χ2v) is 6.22. The van der Waals surface area contributed by atoms with E-state index in [0.717, 1.165) is 30.6 Å². The molecule has 0 radical (unpaired) electrons. The van der Waals surface area contributed by atoms with Crippen molar-refractivity contribution in [1.82, 2.24) is 9.97 Å². The molecule has 1 aromatic heterocycles. The zero-order chi connectivity index (χ0) is 16.2. The molecule has 1 atom stereocenters. The van der Waals surface area contributed by atoms with Gasteiger partial charge in [-0.2, -0.15) is 0 Å². The van der Waals surface area contributed by atoms with E-state index >= 15 is 0 Å². The van der Waals surface area contributed by atoms with E-state index in [1.165, 1.54) is 0 Å². The molecule has 2 aromatic rings. The van der Waals surface area contributed by atoms with Crippen molar-refractivity contribution >= 4 is 29.1 Å². The van der Waals surface area contributed by atoms with Crippen molar-refractivity contribution in [2.24, 2.45) is 5.92 Å². The number of piperidine rings is 1. The van der Waals surface area contributed by atoms with Gasteiger partial charge in [0.15, 0.2) is 0 Å². The molecule has 23 heavy (non-hydrogen) atoms. The SMILES string of the molecule is Cc1ccc(Cl)cc1NC(=O)[C@H]1CCCN(c2ncccn2)C1. The maximum absolute atomic E-state index is 12.6. The third kappa shape index (κ3) is 3.79. The molecule has 0 aliphatic carbocycles. The van der Waals surface area contributed by atoms with E-state index in [0.29, 0.717) is 17.5 Å². The molecule has 0 unspecified atom stereocenters. The minimum atomic E-state index is -0.0778. The van der Waals surface area contributed by atoms with Gasteiger partial charge in [0.05, 0.1) is 5.92 Å². The van der Waals surface area contributed by atoms with Crippen LogP contribution in [0.4, 0.5) is 11.6 Å². The largest absolute Gasteiger partial charge is 0.340 e. The Morgan fingerprint density at radius 3 is 2.91 bits per heavy atom. The molecule has 120 valence electrons. The van der Waals surface area contributed by atoms with Gasteiger partial charge in [-0.25, -0.2) is 9.97 Å². The summed E-state index contributed by atoms with van der Waals surface area (Å²) < 4.78 is 0. The topological polar surface area (TPSA) is 58.1 Å². The van der Waals surface area contributed by atoms with Gasteiger partial charge in [0, 0.05) is 36.2 Å². The molecule has 1 saturated heterocycles. The molecule has 1 aliphatic heterocycles. The fourth-order valence-electron chi connectivity index (χ4n) is 2.79. The third-order valence-corrected chi connectivity index (χ3v) is 4.32. The van der Waals surface area contributed by atoms with Crippen LogP contribution in [0.1, 0.15) is 18.4 Å². The number of rotatable bonds is 3. The molecule has 0 saturated carbocycles. The number of nitrogens with one attached hydrogen (secondary N) is 1. The van der Waals surface area contributed by atoms with Gasteiger partial charge >= 0.3 is 0 Å². The molecule has 6 heteroatoms. The van der Waals surface area contributed by atoms with Crippen molar-refractivity contribution in [3.8, 4) is 0 Å². The van der Waals surface area contributed by atoms with Crippen LogP contribution in [0.3, 0.4) is 0 Å². The van der Waals surface area contributed by atoms with Crippen LogP contribution in [-0.4, -0.2) is 29.0 Å². The van der Waals surface area contributed by atoms with Crippen LogP contribution < -0.4 is 10.2 Å². The molecule has 1 aromatic carbocycles. The molecule has 1 aliphatic rings. The molecule has 3 rings (SSSR count). The van der Waals surface area contributed by atoms with E-state index in [1.807, 2.05) is 19.1 Å². The van der Waals surface area contributed by atoms with Gasteiger partial charge in [0.2, 0.25) is 11.9 Å². The average molecular weight is 331 g/mol. The lowest BCUT2D eigenvalue weighted by Gasteiger charge is -2.32. The Balaban J connectivity index is 1.69. The summed E-state index contributed by atoms with van der Waals surface area (Å²) in [4.78, 5) is 23.2. The third-order valence-electron chi connectivity index (χ3n) is 4.08. The maximum atomic E-state index is 12.6. The Morgan fingerprint density at radius 1 is 1.35 bits per heavy atom. The minimum Gasteiger partial charge on any atom is -0.340 e. The predicted molar refractivity (Wildman–Crippen MR) is 91.8 cm³/mol. The van der Waals surface area contributed by atoms with Crippen LogP contribution in [0, 0.1) is 12.8 Å². The Morgan fingerprint density at radius 2 is 2.13 bits per heavy atom. The van der Waals surface area contributed by atoms with Gasteiger partial charge in [0.25, 0.3) is 0 Å². The molecular formula is C17H19ClN4O. The smallest absolute Gasteiger partial charge is 0.229 e. The van der Waals surface area contributed by atoms with Crippen LogP contribution >= 0.6 is 11.6 Å². The van der Waals surface area contributed by atoms with Gasteiger partial charge < -0.3 is 10.2 Å². The molecule has 0 spiro atoms. The lowest BCUT2D eigenvalue weighted by atomic mass is 9.97. The normalized spacial score (nSPS) is 17.8. The first kappa shape index (κ1) is 15.7. The summed E-state index contributed by atoms with van der Waals surface area (Å²) in [6.45, 7) is 3.47. The van der Waals surface area contributed by atoms with Crippen molar-refractivity contribution in [3.05, 3.63) is 47.2 Å². The van der Waals surface area contributed by atoms with Crippen molar-refractivity contribution in [2.45, 2.75) is 19.8 Å². The summed E-state index contributed by atoms with van der Waals surface area (Å²) in [6.07, 6.45) is 5.27. The summed E-state index contributed by atoms with van der Waals surface area (Å²) in [5, 5.41) is 3.62. The van der Waals surface area contributed by atoms with Gasteiger partial charge in [-0.05, 0) is 43.5 Å².